The predicted octanol–water partition coefficient (Wildman–Crippen LogP) is 6.03. The molecule has 9 heteroatoms. The number of hydrogen-bond donors (Lipinski definition) is 1. The number of ether oxygens (including phenoxy) is 2. The van der Waals surface area contributed by atoms with Crippen LogP contribution in [0.5, 0.6) is 5.75 Å². The molecule has 1 fully saturated rings. The van der Waals surface area contributed by atoms with Crippen LogP contribution in [0.3, 0.4) is 0 Å². The second-order valence-corrected chi connectivity index (χ2v) is 9.44. The van der Waals surface area contributed by atoms with E-state index in [4.69, 9.17) is 31.0 Å². The van der Waals surface area contributed by atoms with Gasteiger partial charge in [0, 0.05) is 42.1 Å². The molecule has 37 heavy (non-hydrogen) atoms. The zero-order valence-corrected chi connectivity index (χ0v) is 21.5. The molecule has 0 saturated carbocycles. The van der Waals surface area contributed by atoms with E-state index < -0.39 is 5.82 Å². The molecule has 1 aliphatic rings. The number of nitrogens with one attached hydrogen (secondary N) is 1. The summed E-state index contributed by atoms with van der Waals surface area (Å²) in [5, 5.41) is 4.14. The van der Waals surface area contributed by atoms with Gasteiger partial charge < -0.3 is 14.8 Å². The summed E-state index contributed by atoms with van der Waals surface area (Å²) >= 11 is 6.02. The number of aromatic nitrogens is 3. The van der Waals surface area contributed by atoms with Crippen LogP contribution >= 0.6 is 11.6 Å². The molecule has 3 heterocycles. The number of anilines is 2. The molecule has 0 radical (unpaired) electrons. The molecule has 2 aromatic carbocycles. The molecule has 7 nitrogen and oxygen atoms in total. The fourth-order valence-corrected chi connectivity index (χ4v) is 4.52. The Morgan fingerprint density at radius 1 is 1.11 bits per heavy atom. The van der Waals surface area contributed by atoms with Crippen molar-refractivity contribution >= 4 is 34.0 Å². The van der Waals surface area contributed by atoms with Crippen LogP contribution in [0.2, 0.25) is 5.02 Å². The van der Waals surface area contributed by atoms with Gasteiger partial charge >= 0.3 is 0 Å². The highest BCUT2D eigenvalue weighted by atomic mass is 35.5. The first-order chi connectivity index (χ1) is 18.1. The number of halogens is 2. The minimum atomic E-state index is -0.476. The van der Waals surface area contributed by atoms with Gasteiger partial charge in [-0.2, -0.15) is 0 Å². The molecular weight excluding hydrogens is 493 g/mol. The van der Waals surface area contributed by atoms with E-state index in [0.29, 0.717) is 23.9 Å². The molecule has 2 aromatic heterocycles. The smallest absolute Gasteiger partial charge is 0.163 e. The quantitative estimate of drug-likeness (QED) is 0.270. The van der Waals surface area contributed by atoms with Crippen LogP contribution in [0.4, 0.5) is 15.9 Å². The Balaban J connectivity index is 1.39. The van der Waals surface area contributed by atoms with Gasteiger partial charge in [-0.15, -0.1) is 0 Å². The van der Waals surface area contributed by atoms with Crippen LogP contribution in [0.1, 0.15) is 18.4 Å². The zero-order chi connectivity index (χ0) is 25.6. The van der Waals surface area contributed by atoms with E-state index in [2.05, 4.69) is 15.2 Å². The first kappa shape index (κ1) is 25.3. The average Bonchev–Trinajstić information content (AvgIpc) is 2.92. The lowest BCUT2D eigenvalue weighted by Crippen LogP contribution is -2.36. The Kier molecular flexibility index (Phi) is 8.08. The Hall–Kier alpha value is -3.33. The van der Waals surface area contributed by atoms with Crippen molar-refractivity contribution in [3.8, 4) is 17.1 Å². The summed E-state index contributed by atoms with van der Waals surface area (Å²) in [4.78, 5) is 16.3. The van der Waals surface area contributed by atoms with Crippen molar-refractivity contribution < 1.29 is 13.9 Å². The molecule has 0 amide bonds. The molecule has 192 valence electrons. The maximum absolute atomic E-state index is 13.7. The molecule has 0 bridgehead atoms. The van der Waals surface area contributed by atoms with Crippen LogP contribution in [0.25, 0.3) is 22.3 Å². The molecular formula is C28H29ClFN5O2. The number of hydrogen-bond acceptors (Lipinski definition) is 7. The zero-order valence-electron chi connectivity index (χ0n) is 20.7. The Labute approximate surface area is 220 Å². The third-order valence-electron chi connectivity index (χ3n) is 6.31. The summed E-state index contributed by atoms with van der Waals surface area (Å²) in [5.41, 5.74) is 3.18. The van der Waals surface area contributed by atoms with Crippen LogP contribution in [0, 0.1) is 12.7 Å². The van der Waals surface area contributed by atoms with Crippen molar-refractivity contribution in [2.24, 2.45) is 0 Å². The fourth-order valence-electron chi connectivity index (χ4n) is 4.34. The summed E-state index contributed by atoms with van der Waals surface area (Å²) in [7, 11) is 0. The Morgan fingerprint density at radius 2 is 1.97 bits per heavy atom. The van der Waals surface area contributed by atoms with E-state index in [9.17, 15) is 4.39 Å². The van der Waals surface area contributed by atoms with Gasteiger partial charge in [0.2, 0.25) is 0 Å². The van der Waals surface area contributed by atoms with E-state index in [0.717, 1.165) is 73.5 Å². The monoisotopic (exact) mass is 521 g/mol. The molecule has 1 saturated heterocycles. The summed E-state index contributed by atoms with van der Waals surface area (Å²) in [6.45, 7) is 7.33. The molecule has 0 spiro atoms. The Bertz CT molecular complexity index is 1370. The summed E-state index contributed by atoms with van der Waals surface area (Å²) in [6, 6.07) is 12.2. The summed E-state index contributed by atoms with van der Waals surface area (Å²) < 4.78 is 25.3. The third kappa shape index (κ3) is 6.33. The number of pyridine rings is 1. The minimum absolute atomic E-state index is 0.0353. The molecule has 4 aromatic rings. The summed E-state index contributed by atoms with van der Waals surface area (Å²) in [5.74, 6) is 1.40. The van der Waals surface area contributed by atoms with Crippen molar-refractivity contribution in [3.63, 3.8) is 0 Å². The normalized spacial score (nSPS) is 14.1. The Morgan fingerprint density at radius 3 is 2.76 bits per heavy atom. The largest absolute Gasteiger partial charge is 0.494 e. The van der Waals surface area contributed by atoms with E-state index in [1.54, 1.807) is 18.5 Å². The maximum Gasteiger partial charge on any atom is 0.163 e. The number of unbranched alkanes of at least 4 members (excludes halogenated alkanes) is 1. The highest BCUT2D eigenvalue weighted by Crippen LogP contribution is 2.33. The van der Waals surface area contributed by atoms with Crippen LogP contribution in [-0.2, 0) is 4.74 Å². The van der Waals surface area contributed by atoms with Crippen LogP contribution in [-0.4, -0.2) is 59.3 Å². The van der Waals surface area contributed by atoms with Gasteiger partial charge in [-0.05, 0) is 74.3 Å². The van der Waals surface area contributed by atoms with Crippen molar-refractivity contribution in [1.29, 1.82) is 0 Å². The minimum Gasteiger partial charge on any atom is -0.494 e. The first-order valence-electron chi connectivity index (χ1n) is 12.4. The molecule has 0 atom stereocenters. The molecule has 0 unspecified atom stereocenters. The van der Waals surface area contributed by atoms with Gasteiger partial charge in [-0.1, -0.05) is 11.6 Å². The van der Waals surface area contributed by atoms with Gasteiger partial charge in [0.15, 0.2) is 5.82 Å². The number of fused-ring (bicyclic) bond motifs is 1. The second-order valence-electron chi connectivity index (χ2n) is 9.04. The topological polar surface area (TPSA) is 72.4 Å². The number of benzene rings is 2. The first-order valence-corrected chi connectivity index (χ1v) is 12.8. The molecule has 1 N–H and O–H groups in total. The number of morpholine rings is 1. The van der Waals surface area contributed by atoms with Gasteiger partial charge in [0.25, 0.3) is 0 Å². The fraction of sp³-hybridized carbons (Fsp3) is 0.321. The van der Waals surface area contributed by atoms with Crippen LogP contribution in [0.15, 0.2) is 54.9 Å². The number of rotatable bonds is 9. The van der Waals surface area contributed by atoms with Crippen LogP contribution < -0.4 is 10.1 Å². The van der Waals surface area contributed by atoms with Gasteiger partial charge in [-0.25, -0.2) is 14.4 Å². The lowest BCUT2D eigenvalue weighted by Gasteiger charge is -2.26. The van der Waals surface area contributed by atoms with Gasteiger partial charge in [0.1, 0.15) is 17.4 Å². The molecule has 0 aliphatic carbocycles. The number of nitrogens with zero attached hydrogens (tertiary/aromatic N) is 4. The van der Waals surface area contributed by atoms with Crippen molar-refractivity contribution in [3.05, 3.63) is 71.3 Å². The summed E-state index contributed by atoms with van der Waals surface area (Å²) in [6.07, 6.45) is 5.47. The van der Waals surface area contributed by atoms with Gasteiger partial charge in [0.05, 0.1) is 30.4 Å². The lowest BCUT2D eigenvalue weighted by atomic mass is 10.1. The maximum atomic E-state index is 13.7. The molecule has 1 aliphatic heterocycles. The molecule has 5 rings (SSSR count). The van der Waals surface area contributed by atoms with E-state index in [1.165, 1.54) is 12.1 Å². The van der Waals surface area contributed by atoms with E-state index in [-0.39, 0.29) is 5.02 Å². The average molecular weight is 522 g/mol. The second kappa shape index (κ2) is 11.8. The number of aryl methyl sites for hydroxylation is 1. The van der Waals surface area contributed by atoms with E-state index >= 15 is 0 Å². The highest BCUT2D eigenvalue weighted by Gasteiger charge is 2.15. The predicted molar refractivity (Wildman–Crippen MR) is 144 cm³/mol. The highest BCUT2D eigenvalue weighted by molar-refractivity contribution is 6.31. The van der Waals surface area contributed by atoms with Crippen molar-refractivity contribution in [2.75, 3.05) is 44.8 Å². The lowest BCUT2D eigenvalue weighted by molar-refractivity contribution is 0.0368. The van der Waals surface area contributed by atoms with Crippen molar-refractivity contribution in [2.45, 2.75) is 19.8 Å². The standard InChI is InChI=1S/C28H29ClFN5O2/c1-19-15-22(37-12-3-2-9-35-10-13-36-14-11-35)17-23-26(19)33-27(20-5-4-8-31-18-20)34-28(23)32-21-6-7-25(30)24(29)16-21/h4-8,15-18H,2-3,9-14H2,1H3,(H,32,33,34). The van der Waals surface area contributed by atoms with Crippen molar-refractivity contribution in [1.82, 2.24) is 19.9 Å². The SMILES string of the molecule is Cc1cc(OCCCCN2CCOCC2)cc2c(Nc3ccc(F)c(Cl)c3)nc(-c3cccnc3)nc12. The third-order valence-corrected chi connectivity index (χ3v) is 6.60. The van der Waals surface area contributed by atoms with E-state index in [1.807, 2.05) is 31.2 Å². The van der Waals surface area contributed by atoms with Gasteiger partial charge in [-0.3, -0.25) is 9.88 Å².